The number of hydrogen-bond acceptors (Lipinski definition) is 4. The van der Waals surface area contributed by atoms with Crippen molar-refractivity contribution < 1.29 is 20.1 Å². The summed E-state index contributed by atoms with van der Waals surface area (Å²) in [6, 6.07) is 19.4. The highest BCUT2D eigenvalue weighted by molar-refractivity contribution is 9.10. The molecule has 0 unspecified atom stereocenters. The van der Waals surface area contributed by atoms with Crippen molar-refractivity contribution in [2.45, 2.75) is 45.6 Å². The molecule has 8 bridgehead atoms. The Labute approximate surface area is 233 Å². The lowest BCUT2D eigenvalue weighted by Gasteiger charge is -2.21. The van der Waals surface area contributed by atoms with E-state index in [1.54, 1.807) is 0 Å². The average Bonchev–Trinajstić information content (AvgIpc) is 2.83. The number of phenolic OH excluding ortho intramolecular Hbond substituents is 3. The van der Waals surface area contributed by atoms with E-state index in [4.69, 9.17) is 4.74 Å². The Morgan fingerprint density at radius 1 is 0.568 bits per heavy atom. The molecule has 4 nitrogen and oxygen atoms in total. The Bertz CT molecular complexity index is 1490. The van der Waals surface area contributed by atoms with E-state index in [9.17, 15) is 15.3 Å². The van der Waals surface area contributed by atoms with Crippen LogP contribution in [0, 0.1) is 0 Å². The van der Waals surface area contributed by atoms with Crippen molar-refractivity contribution >= 4 is 31.9 Å². The molecule has 0 radical (unpaired) electrons. The zero-order valence-corrected chi connectivity index (χ0v) is 23.9. The quantitative estimate of drug-likeness (QED) is 0.188. The molecule has 0 atom stereocenters. The normalized spacial score (nSPS) is 13.0. The molecule has 4 aromatic carbocycles. The van der Waals surface area contributed by atoms with Crippen LogP contribution in [0.1, 0.15) is 58.4 Å². The van der Waals surface area contributed by atoms with Gasteiger partial charge in [0.05, 0.1) is 6.10 Å². The molecule has 0 spiro atoms. The number of fused-ring (bicyclic) bond motifs is 8. The fourth-order valence-electron chi connectivity index (χ4n) is 5.03. The van der Waals surface area contributed by atoms with Crippen LogP contribution in [0.4, 0.5) is 0 Å². The van der Waals surface area contributed by atoms with E-state index in [2.05, 4.69) is 31.9 Å². The molecule has 37 heavy (non-hydrogen) atoms. The predicted molar refractivity (Wildman–Crippen MR) is 153 cm³/mol. The smallest absolute Gasteiger partial charge is 0.126 e. The molecule has 6 heteroatoms. The van der Waals surface area contributed by atoms with Gasteiger partial charge in [-0.05, 0) is 82.6 Å². The van der Waals surface area contributed by atoms with E-state index in [-0.39, 0.29) is 23.4 Å². The second-order valence-corrected chi connectivity index (χ2v) is 11.7. The predicted octanol–water partition coefficient (Wildman–Crippen LogP) is 7.79. The van der Waals surface area contributed by atoms with Crippen LogP contribution in [0.15, 0.2) is 69.6 Å². The van der Waals surface area contributed by atoms with Crippen LogP contribution in [0.3, 0.4) is 0 Å². The highest BCUT2D eigenvalue weighted by atomic mass is 79.9. The Kier molecular flexibility index (Phi) is 7.24. The van der Waals surface area contributed by atoms with Gasteiger partial charge in [0.15, 0.2) is 0 Å². The van der Waals surface area contributed by atoms with E-state index in [1.807, 2.05) is 74.5 Å². The van der Waals surface area contributed by atoms with Crippen LogP contribution >= 0.6 is 31.9 Å². The number of hydrogen-bond donors (Lipinski definition) is 3. The second kappa shape index (κ2) is 10.4. The zero-order chi connectivity index (χ0) is 26.3. The zero-order valence-electron chi connectivity index (χ0n) is 20.7. The Hall–Kier alpha value is -2.96. The molecule has 4 aromatic rings. The minimum Gasteiger partial charge on any atom is -0.507 e. The molecule has 0 fully saturated rings. The van der Waals surface area contributed by atoms with Crippen LogP contribution in [0.2, 0.25) is 0 Å². The van der Waals surface area contributed by atoms with Gasteiger partial charge in [-0.25, -0.2) is 0 Å². The highest BCUT2D eigenvalue weighted by Gasteiger charge is 2.20. The van der Waals surface area contributed by atoms with Crippen LogP contribution < -0.4 is 4.74 Å². The molecule has 0 aromatic heterocycles. The summed E-state index contributed by atoms with van der Waals surface area (Å²) >= 11 is 7.20. The van der Waals surface area contributed by atoms with Gasteiger partial charge in [-0.3, -0.25) is 0 Å². The maximum absolute atomic E-state index is 11.3. The maximum atomic E-state index is 11.3. The summed E-state index contributed by atoms with van der Waals surface area (Å²) in [6.45, 7) is 4.00. The topological polar surface area (TPSA) is 69.9 Å². The molecule has 1 aliphatic carbocycles. The number of benzene rings is 4. The maximum Gasteiger partial charge on any atom is 0.126 e. The number of ether oxygens (including phenoxy) is 1. The Balaban J connectivity index is 1.76. The molecule has 0 heterocycles. The fraction of sp³-hybridized carbons (Fsp3) is 0.226. The van der Waals surface area contributed by atoms with E-state index >= 15 is 0 Å². The van der Waals surface area contributed by atoms with Crippen molar-refractivity contribution in [2.24, 2.45) is 0 Å². The van der Waals surface area contributed by atoms with Crippen molar-refractivity contribution in [1.29, 1.82) is 0 Å². The first-order valence-corrected chi connectivity index (χ1v) is 13.9. The Morgan fingerprint density at radius 3 is 1.32 bits per heavy atom. The van der Waals surface area contributed by atoms with Crippen molar-refractivity contribution in [3.63, 3.8) is 0 Å². The number of halogens is 2. The summed E-state index contributed by atoms with van der Waals surface area (Å²) in [6.07, 6.45) is 1.63. The van der Waals surface area contributed by atoms with Gasteiger partial charge in [0.25, 0.3) is 0 Å². The lowest BCUT2D eigenvalue weighted by Crippen LogP contribution is -2.10. The summed E-state index contributed by atoms with van der Waals surface area (Å²) in [5, 5.41) is 33.8. The molecule has 190 valence electrons. The molecular weight excluding hydrogens is 596 g/mol. The summed E-state index contributed by atoms with van der Waals surface area (Å²) in [7, 11) is 0. The molecule has 1 aliphatic rings. The molecule has 3 N–H and O–H groups in total. The third kappa shape index (κ3) is 5.36. The molecule has 0 saturated carbocycles. The number of phenols is 3. The van der Waals surface area contributed by atoms with Gasteiger partial charge in [-0.2, -0.15) is 0 Å². The third-order valence-corrected chi connectivity index (χ3v) is 7.64. The molecule has 0 amide bonds. The first kappa shape index (κ1) is 25.7. The van der Waals surface area contributed by atoms with Crippen molar-refractivity contribution in [3.8, 4) is 23.0 Å². The summed E-state index contributed by atoms with van der Waals surface area (Å²) in [4.78, 5) is 0. The standard InChI is InChI=1S/C31H28Br2O4/c1-17(2)37-31-20-7-4-8-21(31)11-23-14-27(33)16-25(30(23)36)12-24-15-26(32)13-22(29(24)35)10-19-6-3-5-18(9-20)28(19)34/h3-8,13-17,34-36H,9-12H2,1-2H3. The minimum absolute atomic E-state index is 0.0384. The van der Waals surface area contributed by atoms with Crippen molar-refractivity contribution in [2.75, 3.05) is 0 Å². The first-order valence-electron chi connectivity index (χ1n) is 12.3. The SMILES string of the molecule is CC(C)Oc1c2cccc1Cc1cc(Br)cc(c1O)Cc1cc(Br)cc(c1O)Cc1cccc(c1O)C2. The van der Waals surface area contributed by atoms with E-state index in [0.29, 0.717) is 42.4 Å². The number of aromatic hydroxyl groups is 3. The van der Waals surface area contributed by atoms with Gasteiger partial charge >= 0.3 is 0 Å². The fourth-order valence-corrected chi connectivity index (χ4v) is 6.13. The van der Waals surface area contributed by atoms with E-state index < -0.39 is 0 Å². The third-order valence-electron chi connectivity index (χ3n) is 6.72. The Morgan fingerprint density at radius 2 is 0.892 bits per heavy atom. The average molecular weight is 624 g/mol. The van der Waals surface area contributed by atoms with E-state index in [0.717, 1.165) is 42.5 Å². The summed E-state index contributed by atoms with van der Waals surface area (Å²) in [5.41, 5.74) is 6.32. The number of rotatable bonds is 2. The summed E-state index contributed by atoms with van der Waals surface area (Å²) in [5.74, 6) is 1.38. The van der Waals surface area contributed by atoms with E-state index in [1.165, 1.54) is 0 Å². The largest absolute Gasteiger partial charge is 0.507 e. The van der Waals surface area contributed by atoms with Crippen molar-refractivity contribution in [3.05, 3.63) is 114 Å². The van der Waals surface area contributed by atoms with Gasteiger partial charge in [0, 0.05) is 34.6 Å². The molecule has 0 saturated heterocycles. The van der Waals surface area contributed by atoms with Crippen LogP contribution in [-0.2, 0) is 25.7 Å². The van der Waals surface area contributed by atoms with Gasteiger partial charge < -0.3 is 20.1 Å². The molecular formula is C31H28Br2O4. The van der Waals surface area contributed by atoms with Gasteiger partial charge in [0.2, 0.25) is 0 Å². The second-order valence-electron chi connectivity index (χ2n) is 9.85. The molecule has 0 aliphatic heterocycles. The summed E-state index contributed by atoms with van der Waals surface area (Å²) < 4.78 is 8.01. The number of para-hydroxylation sites is 2. The lowest BCUT2D eigenvalue weighted by molar-refractivity contribution is 0.238. The minimum atomic E-state index is -0.0384. The van der Waals surface area contributed by atoms with Crippen molar-refractivity contribution in [1.82, 2.24) is 0 Å². The first-order chi connectivity index (χ1) is 17.7. The highest BCUT2D eigenvalue weighted by Crippen LogP contribution is 2.39. The van der Waals surface area contributed by atoms with Gasteiger partial charge in [-0.15, -0.1) is 0 Å². The molecule has 5 rings (SSSR count). The van der Waals surface area contributed by atoms with Crippen LogP contribution in [0.25, 0.3) is 0 Å². The van der Waals surface area contributed by atoms with Crippen LogP contribution in [0.5, 0.6) is 23.0 Å². The van der Waals surface area contributed by atoms with Gasteiger partial charge in [-0.1, -0.05) is 68.3 Å². The van der Waals surface area contributed by atoms with Crippen LogP contribution in [-0.4, -0.2) is 21.4 Å². The monoisotopic (exact) mass is 622 g/mol. The van der Waals surface area contributed by atoms with Gasteiger partial charge in [0.1, 0.15) is 23.0 Å². The lowest BCUT2D eigenvalue weighted by atomic mass is 9.91.